The third kappa shape index (κ3) is 6.79. The molecule has 1 aliphatic rings. The van der Waals surface area contributed by atoms with Crippen molar-refractivity contribution in [1.82, 2.24) is 10.2 Å². The average molecular weight is 524 g/mol. The molecule has 0 radical (unpaired) electrons. The van der Waals surface area contributed by atoms with Crippen LogP contribution in [0.5, 0.6) is 11.5 Å². The lowest BCUT2D eigenvalue weighted by Gasteiger charge is -2.32. The van der Waals surface area contributed by atoms with Gasteiger partial charge in [0.1, 0.15) is 12.6 Å². The highest BCUT2D eigenvalue weighted by Crippen LogP contribution is 2.36. The van der Waals surface area contributed by atoms with Crippen molar-refractivity contribution in [2.24, 2.45) is 0 Å². The van der Waals surface area contributed by atoms with E-state index in [0.717, 1.165) is 22.5 Å². The molecule has 0 unspecified atom stereocenters. The Morgan fingerprint density at radius 2 is 1.74 bits per heavy atom. The summed E-state index contributed by atoms with van der Waals surface area (Å²) in [7, 11) is -3.84. The number of amides is 2. The van der Waals surface area contributed by atoms with E-state index in [2.05, 4.69) is 5.32 Å². The molecule has 190 valence electrons. The maximum Gasteiger partial charge on any atom is 0.244 e. The molecular formula is C24H30ClN3O6S. The Morgan fingerprint density at radius 3 is 2.37 bits per heavy atom. The monoisotopic (exact) mass is 523 g/mol. The lowest BCUT2D eigenvalue weighted by atomic mass is 10.1. The molecule has 0 saturated carbocycles. The fourth-order valence-electron chi connectivity index (χ4n) is 3.49. The van der Waals surface area contributed by atoms with Crippen LogP contribution in [0.2, 0.25) is 5.02 Å². The summed E-state index contributed by atoms with van der Waals surface area (Å²) in [6, 6.07) is 10.6. The number of carbonyl (C=O) groups is 2. The first-order chi connectivity index (χ1) is 16.5. The number of anilines is 1. The second kappa shape index (κ2) is 11.2. The molecule has 2 atom stereocenters. The Labute approximate surface area is 211 Å². The Kier molecular flexibility index (Phi) is 8.50. The molecule has 0 aliphatic carbocycles. The van der Waals surface area contributed by atoms with Crippen molar-refractivity contribution in [2.75, 3.05) is 23.9 Å². The molecule has 35 heavy (non-hydrogen) atoms. The van der Waals surface area contributed by atoms with E-state index in [0.29, 0.717) is 16.5 Å². The molecule has 0 spiro atoms. The molecule has 3 rings (SSSR count). The average Bonchev–Trinajstić information content (AvgIpc) is 3.28. The highest BCUT2D eigenvalue weighted by Gasteiger charge is 2.31. The van der Waals surface area contributed by atoms with E-state index in [1.165, 1.54) is 11.0 Å². The van der Waals surface area contributed by atoms with Gasteiger partial charge in [0, 0.05) is 23.7 Å². The van der Waals surface area contributed by atoms with Gasteiger partial charge >= 0.3 is 0 Å². The van der Waals surface area contributed by atoms with E-state index >= 15 is 0 Å². The number of benzene rings is 2. The zero-order valence-electron chi connectivity index (χ0n) is 20.2. The highest BCUT2D eigenvalue weighted by molar-refractivity contribution is 7.92. The summed E-state index contributed by atoms with van der Waals surface area (Å²) in [5, 5.41) is 3.43. The standard InChI is InChI=1S/C24H30ClN3O6S/c1-5-16(2)26-24(30)17(3)27(13-18-6-8-19(25)9-7-18)23(29)14-28(35(4,31)32)20-10-11-21-22(12-20)34-15-33-21/h6-12,16-17H,5,13-15H2,1-4H3,(H,26,30)/t16-,17+/m0/s1. The van der Waals surface area contributed by atoms with Crippen molar-refractivity contribution in [2.45, 2.75) is 45.8 Å². The van der Waals surface area contributed by atoms with Gasteiger partial charge in [0.05, 0.1) is 11.9 Å². The van der Waals surface area contributed by atoms with E-state index < -0.39 is 28.5 Å². The molecule has 0 aromatic heterocycles. The van der Waals surface area contributed by atoms with Gasteiger partial charge < -0.3 is 19.7 Å². The third-order valence-electron chi connectivity index (χ3n) is 5.76. The predicted molar refractivity (Wildman–Crippen MR) is 134 cm³/mol. The predicted octanol–water partition coefficient (Wildman–Crippen LogP) is 3.17. The first-order valence-electron chi connectivity index (χ1n) is 11.2. The van der Waals surface area contributed by atoms with Crippen LogP contribution < -0.4 is 19.1 Å². The van der Waals surface area contributed by atoms with Crippen LogP contribution >= 0.6 is 11.6 Å². The van der Waals surface area contributed by atoms with Crippen LogP contribution in [0.15, 0.2) is 42.5 Å². The maximum atomic E-state index is 13.5. The van der Waals surface area contributed by atoms with Gasteiger partial charge in [-0.15, -0.1) is 0 Å². The Bertz CT molecular complexity index is 1170. The van der Waals surface area contributed by atoms with Gasteiger partial charge in [-0.1, -0.05) is 30.7 Å². The summed E-state index contributed by atoms with van der Waals surface area (Å²) in [5.41, 5.74) is 1.01. The van der Waals surface area contributed by atoms with Crippen LogP contribution in [-0.4, -0.2) is 56.8 Å². The number of sulfonamides is 1. The number of halogens is 1. The van der Waals surface area contributed by atoms with Crippen LogP contribution in [-0.2, 0) is 26.2 Å². The lowest BCUT2D eigenvalue weighted by Crippen LogP contribution is -2.52. The van der Waals surface area contributed by atoms with Crippen molar-refractivity contribution >= 4 is 39.1 Å². The Morgan fingerprint density at radius 1 is 1.09 bits per heavy atom. The maximum absolute atomic E-state index is 13.5. The van der Waals surface area contributed by atoms with Crippen LogP contribution in [0.1, 0.15) is 32.8 Å². The van der Waals surface area contributed by atoms with Crippen molar-refractivity contribution < 1.29 is 27.5 Å². The molecule has 1 aliphatic heterocycles. The molecule has 2 amide bonds. The smallest absolute Gasteiger partial charge is 0.244 e. The summed E-state index contributed by atoms with van der Waals surface area (Å²) in [5.74, 6) is 0.0293. The molecule has 2 aromatic rings. The Balaban J connectivity index is 1.90. The zero-order valence-corrected chi connectivity index (χ0v) is 21.7. The van der Waals surface area contributed by atoms with Crippen LogP contribution in [0.3, 0.4) is 0 Å². The fourth-order valence-corrected chi connectivity index (χ4v) is 4.46. The van der Waals surface area contributed by atoms with E-state index in [4.69, 9.17) is 21.1 Å². The molecule has 9 nitrogen and oxygen atoms in total. The number of nitrogens with zero attached hydrogens (tertiary/aromatic N) is 2. The number of ether oxygens (including phenoxy) is 2. The molecule has 11 heteroatoms. The van der Waals surface area contributed by atoms with Crippen LogP contribution in [0.4, 0.5) is 5.69 Å². The van der Waals surface area contributed by atoms with Crippen molar-refractivity contribution in [3.8, 4) is 11.5 Å². The van der Waals surface area contributed by atoms with E-state index in [-0.39, 0.29) is 31.0 Å². The van der Waals surface area contributed by atoms with Gasteiger partial charge in [-0.05, 0) is 50.1 Å². The number of hydrogen-bond donors (Lipinski definition) is 1. The topological polar surface area (TPSA) is 105 Å². The second-order valence-electron chi connectivity index (χ2n) is 8.45. The molecule has 0 bridgehead atoms. The van der Waals surface area contributed by atoms with Gasteiger partial charge in [-0.2, -0.15) is 0 Å². The fraction of sp³-hybridized carbons (Fsp3) is 0.417. The largest absolute Gasteiger partial charge is 0.454 e. The first kappa shape index (κ1) is 26.6. The van der Waals surface area contributed by atoms with E-state index in [9.17, 15) is 18.0 Å². The van der Waals surface area contributed by atoms with Crippen molar-refractivity contribution in [1.29, 1.82) is 0 Å². The first-order valence-corrected chi connectivity index (χ1v) is 13.4. The summed E-state index contributed by atoms with van der Waals surface area (Å²) in [6.45, 7) is 5.09. The van der Waals surface area contributed by atoms with Gasteiger partial charge in [-0.25, -0.2) is 8.42 Å². The van der Waals surface area contributed by atoms with E-state index in [1.54, 1.807) is 43.3 Å². The number of fused-ring (bicyclic) bond motifs is 1. The number of nitrogens with one attached hydrogen (secondary N) is 1. The number of carbonyl (C=O) groups excluding carboxylic acids is 2. The molecular weight excluding hydrogens is 494 g/mol. The van der Waals surface area contributed by atoms with Crippen molar-refractivity contribution in [3.63, 3.8) is 0 Å². The minimum Gasteiger partial charge on any atom is -0.454 e. The van der Waals surface area contributed by atoms with Gasteiger partial charge in [0.2, 0.25) is 28.6 Å². The summed E-state index contributed by atoms with van der Waals surface area (Å²) >= 11 is 5.99. The van der Waals surface area contributed by atoms with Crippen LogP contribution in [0.25, 0.3) is 0 Å². The molecule has 1 heterocycles. The van der Waals surface area contributed by atoms with E-state index in [1.807, 2.05) is 13.8 Å². The molecule has 0 fully saturated rings. The SMILES string of the molecule is CC[C@H](C)NC(=O)[C@@H](C)N(Cc1ccc(Cl)cc1)C(=O)CN(c1ccc2c(c1)OCO2)S(C)(=O)=O. The Hall–Kier alpha value is -2.98. The van der Waals surface area contributed by atoms with Crippen LogP contribution in [0, 0.1) is 0 Å². The number of hydrogen-bond acceptors (Lipinski definition) is 6. The summed E-state index contributed by atoms with van der Waals surface area (Å²) in [4.78, 5) is 27.8. The normalized spacial score (nSPS) is 14.2. The summed E-state index contributed by atoms with van der Waals surface area (Å²) < 4.78 is 37.0. The zero-order chi connectivity index (χ0) is 25.8. The number of rotatable bonds is 10. The highest BCUT2D eigenvalue weighted by atomic mass is 35.5. The van der Waals surface area contributed by atoms with Gasteiger partial charge in [-0.3, -0.25) is 13.9 Å². The molecule has 0 saturated heterocycles. The van der Waals surface area contributed by atoms with Crippen molar-refractivity contribution in [3.05, 3.63) is 53.1 Å². The minimum absolute atomic E-state index is 0.0360. The minimum atomic E-state index is -3.84. The van der Waals surface area contributed by atoms with Gasteiger partial charge in [0.15, 0.2) is 11.5 Å². The summed E-state index contributed by atoms with van der Waals surface area (Å²) in [6.07, 6.45) is 1.75. The lowest BCUT2D eigenvalue weighted by molar-refractivity contribution is -0.139. The third-order valence-corrected chi connectivity index (χ3v) is 7.15. The second-order valence-corrected chi connectivity index (χ2v) is 10.8. The van der Waals surface area contributed by atoms with Gasteiger partial charge in [0.25, 0.3) is 0 Å². The quantitative estimate of drug-likeness (QED) is 0.513. The molecule has 2 aromatic carbocycles. The molecule has 1 N–H and O–H groups in total.